The first kappa shape index (κ1) is 21.0. The van der Waals surface area contributed by atoms with Gasteiger partial charge in [-0.25, -0.2) is 0 Å². The van der Waals surface area contributed by atoms with Crippen molar-refractivity contribution in [3.8, 4) is 0 Å². The van der Waals surface area contributed by atoms with Crippen molar-refractivity contribution in [1.29, 1.82) is 0 Å². The van der Waals surface area contributed by atoms with Gasteiger partial charge >= 0.3 is 0 Å². The zero-order chi connectivity index (χ0) is 16.2. The first-order chi connectivity index (χ1) is 9.71. The quantitative estimate of drug-likeness (QED) is 0.319. The molecule has 0 nitrogen and oxygen atoms in total. The highest BCUT2D eigenvalue weighted by molar-refractivity contribution is 4.62. The zero-order valence-electron chi connectivity index (χ0n) is 16.2. The van der Waals surface area contributed by atoms with Gasteiger partial charge < -0.3 is 0 Å². The molecular formula is C21H44. The number of unbranched alkanes of at least 4 members (excludes halogenated alkanes) is 10. The summed E-state index contributed by atoms with van der Waals surface area (Å²) >= 11 is 0. The lowest BCUT2D eigenvalue weighted by molar-refractivity contribution is 0.355. The van der Waals surface area contributed by atoms with E-state index in [2.05, 4.69) is 41.5 Å². The SMILES string of the molecule is CC(C)(C)CCCCCCCCCCCCCC(C)(C)C. The molecule has 0 aromatic rings. The number of rotatable bonds is 12. The van der Waals surface area contributed by atoms with E-state index < -0.39 is 0 Å². The highest BCUT2D eigenvalue weighted by Gasteiger charge is 2.09. The van der Waals surface area contributed by atoms with Crippen LogP contribution in [0.15, 0.2) is 0 Å². The Balaban J connectivity index is 3.10. The van der Waals surface area contributed by atoms with Gasteiger partial charge in [-0.05, 0) is 23.7 Å². The Morgan fingerprint density at radius 3 is 0.714 bits per heavy atom. The van der Waals surface area contributed by atoms with Gasteiger partial charge in [0.1, 0.15) is 0 Å². The van der Waals surface area contributed by atoms with E-state index in [0.29, 0.717) is 10.8 Å². The van der Waals surface area contributed by atoms with Crippen LogP contribution in [0.25, 0.3) is 0 Å². The topological polar surface area (TPSA) is 0 Å². The zero-order valence-corrected chi connectivity index (χ0v) is 16.2. The maximum absolute atomic E-state index is 2.36. The highest BCUT2D eigenvalue weighted by atomic mass is 14.1. The van der Waals surface area contributed by atoms with Gasteiger partial charge in [0.05, 0.1) is 0 Å². The van der Waals surface area contributed by atoms with Gasteiger partial charge in [0.15, 0.2) is 0 Å². The minimum Gasteiger partial charge on any atom is -0.0602 e. The molecule has 0 fully saturated rings. The molecule has 0 aromatic carbocycles. The second-order valence-electron chi connectivity index (χ2n) is 9.51. The largest absolute Gasteiger partial charge is 0.0602 e. The predicted molar refractivity (Wildman–Crippen MR) is 98.9 cm³/mol. The maximum atomic E-state index is 2.36. The van der Waals surface area contributed by atoms with Crippen molar-refractivity contribution in [3.63, 3.8) is 0 Å². The van der Waals surface area contributed by atoms with Crippen LogP contribution in [0.4, 0.5) is 0 Å². The number of hydrogen-bond donors (Lipinski definition) is 0. The van der Waals surface area contributed by atoms with E-state index in [-0.39, 0.29) is 0 Å². The number of hydrogen-bond acceptors (Lipinski definition) is 0. The summed E-state index contributed by atoms with van der Waals surface area (Å²) in [6, 6.07) is 0. The fourth-order valence-corrected chi connectivity index (χ4v) is 2.90. The van der Waals surface area contributed by atoms with Crippen LogP contribution in [0, 0.1) is 10.8 Å². The molecule has 0 aliphatic heterocycles. The van der Waals surface area contributed by atoms with Crippen LogP contribution in [-0.2, 0) is 0 Å². The Labute approximate surface area is 136 Å². The van der Waals surface area contributed by atoms with Crippen molar-refractivity contribution in [1.82, 2.24) is 0 Å². The average molecular weight is 297 g/mol. The lowest BCUT2D eigenvalue weighted by Crippen LogP contribution is -2.03. The molecule has 0 unspecified atom stereocenters. The fraction of sp³-hybridized carbons (Fsp3) is 1.00. The summed E-state index contributed by atoms with van der Waals surface area (Å²) in [6.07, 6.45) is 18.8. The summed E-state index contributed by atoms with van der Waals surface area (Å²) in [5.74, 6) is 0. The van der Waals surface area contributed by atoms with Gasteiger partial charge in [0.2, 0.25) is 0 Å². The highest BCUT2D eigenvalue weighted by Crippen LogP contribution is 2.23. The van der Waals surface area contributed by atoms with Crippen molar-refractivity contribution in [3.05, 3.63) is 0 Å². The first-order valence-electron chi connectivity index (χ1n) is 9.71. The molecule has 0 amide bonds. The Hall–Kier alpha value is 0. The van der Waals surface area contributed by atoms with Crippen LogP contribution in [-0.4, -0.2) is 0 Å². The Bertz CT molecular complexity index is 189. The molecule has 0 saturated carbocycles. The van der Waals surface area contributed by atoms with Crippen LogP contribution in [0.3, 0.4) is 0 Å². The summed E-state index contributed by atoms with van der Waals surface area (Å²) in [4.78, 5) is 0. The third-order valence-corrected chi connectivity index (χ3v) is 4.35. The van der Waals surface area contributed by atoms with E-state index >= 15 is 0 Å². The van der Waals surface area contributed by atoms with Crippen LogP contribution in [0.1, 0.15) is 125 Å². The van der Waals surface area contributed by atoms with Gasteiger partial charge in [0, 0.05) is 0 Å². The fourth-order valence-electron chi connectivity index (χ4n) is 2.90. The Morgan fingerprint density at radius 2 is 0.524 bits per heavy atom. The van der Waals surface area contributed by atoms with E-state index in [1.165, 1.54) is 83.5 Å². The van der Waals surface area contributed by atoms with E-state index in [9.17, 15) is 0 Å². The minimum absolute atomic E-state index is 0.535. The monoisotopic (exact) mass is 296 g/mol. The molecule has 0 aromatic heterocycles. The molecule has 0 spiro atoms. The standard InChI is InChI=1S/C21H44/c1-20(2,3)18-16-14-12-10-8-7-9-11-13-15-17-19-21(4,5)6/h7-19H2,1-6H3. The molecule has 0 atom stereocenters. The van der Waals surface area contributed by atoms with Crippen molar-refractivity contribution in [2.24, 2.45) is 10.8 Å². The lowest BCUT2D eigenvalue weighted by Gasteiger charge is -2.17. The van der Waals surface area contributed by atoms with E-state index in [1.54, 1.807) is 0 Å². The molecule has 0 aliphatic rings. The van der Waals surface area contributed by atoms with Crippen molar-refractivity contribution >= 4 is 0 Å². The molecule has 128 valence electrons. The van der Waals surface area contributed by atoms with Crippen LogP contribution in [0.2, 0.25) is 0 Å². The van der Waals surface area contributed by atoms with Gasteiger partial charge in [-0.15, -0.1) is 0 Å². The Kier molecular flexibility index (Phi) is 11.6. The average Bonchev–Trinajstić information content (AvgIpc) is 2.32. The normalized spacial score (nSPS) is 12.9. The van der Waals surface area contributed by atoms with Gasteiger partial charge in [0.25, 0.3) is 0 Å². The second-order valence-corrected chi connectivity index (χ2v) is 9.51. The first-order valence-corrected chi connectivity index (χ1v) is 9.71. The van der Waals surface area contributed by atoms with E-state index in [1.807, 2.05) is 0 Å². The summed E-state index contributed by atoms with van der Waals surface area (Å²) in [7, 11) is 0. The Morgan fingerprint density at radius 1 is 0.333 bits per heavy atom. The minimum atomic E-state index is 0.535. The molecule has 0 saturated heterocycles. The molecule has 0 radical (unpaired) electrons. The third kappa shape index (κ3) is 20.0. The van der Waals surface area contributed by atoms with Gasteiger partial charge in [-0.3, -0.25) is 0 Å². The third-order valence-electron chi connectivity index (χ3n) is 4.35. The summed E-state index contributed by atoms with van der Waals surface area (Å²) in [5, 5.41) is 0. The van der Waals surface area contributed by atoms with E-state index in [0.717, 1.165) is 0 Å². The molecule has 21 heavy (non-hydrogen) atoms. The molecule has 0 aliphatic carbocycles. The summed E-state index contributed by atoms with van der Waals surface area (Å²) < 4.78 is 0. The second kappa shape index (κ2) is 11.6. The molecule has 0 N–H and O–H groups in total. The smallest absolute Gasteiger partial charge is 0.0383 e. The van der Waals surface area contributed by atoms with Crippen molar-refractivity contribution < 1.29 is 0 Å². The summed E-state index contributed by atoms with van der Waals surface area (Å²) in [5.41, 5.74) is 1.07. The summed E-state index contributed by atoms with van der Waals surface area (Å²) in [6.45, 7) is 14.1. The van der Waals surface area contributed by atoms with Gasteiger partial charge in [-0.2, -0.15) is 0 Å². The van der Waals surface area contributed by atoms with Crippen molar-refractivity contribution in [2.45, 2.75) is 125 Å². The predicted octanol–water partition coefficient (Wildman–Crippen LogP) is 8.15. The molecule has 0 heterocycles. The molecule has 0 bridgehead atoms. The van der Waals surface area contributed by atoms with Crippen LogP contribution >= 0.6 is 0 Å². The molecular weight excluding hydrogens is 252 g/mol. The van der Waals surface area contributed by atoms with Crippen LogP contribution < -0.4 is 0 Å². The van der Waals surface area contributed by atoms with Crippen molar-refractivity contribution in [2.75, 3.05) is 0 Å². The molecule has 0 heteroatoms. The maximum Gasteiger partial charge on any atom is -0.0383 e. The lowest BCUT2D eigenvalue weighted by atomic mass is 9.89. The molecule has 0 rings (SSSR count). The van der Waals surface area contributed by atoms with Gasteiger partial charge in [-0.1, -0.05) is 112 Å². The van der Waals surface area contributed by atoms with E-state index in [4.69, 9.17) is 0 Å². The van der Waals surface area contributed by atoms with Crippen LogP contribution in [0.5, 0.6) is 0 Å².